The van der Waals surface area contributed by atoms with Crippen molar-refractivity contribution in [2.45, 2.75) is 31.1 Å². The fraction of sp³-hybridized carbons (Fsp3) is 0.296. The highest BCUT2D eigenvalue weighted by Gasteiger charge is 2.36. The van der Waals surface area contributed by atoms with Crippen LogP contribution in [0, 0.1) is 0 Å². The highest BCUT2D eigenvalue weighted by atomic mass is 16.5. The van der Waals surface area contributed by atoms with Crippen LogP contribution in [0.2, 0.25) is 0 Å². The minimum Gasteiger partial charge on any atom is -0.497 e. The summed E-state index contributed by atoms with van der Waals surface area (Å²) in [7, 11) is 1.66. The maximum atomic E-state index is 12.7. The van der Waals surface area contributed by atoms with Gasteiger partial charge >= 0.3 is 0 Å². The van der Waals surface area contributed by atoms with Gasteiger partial charge in [0.15, 0.2) is 0 Å². The number of nitrogens with one attached hydrogen (secondary N) is 1. The molecule has 0 saturated carbocycles. The molecule has 3 rings (SSSR count). The van der Waals surface area contributed by atoms with Crippen LogP contribution >= 0.6 is 0 Å². The minimum atomic E-state index is -0.532. The molecule has 3 aromatic rings. The van der Waals surface area contributed by atoms with Crippen LogP contribution in [0.1, 0.15) is 42.4 Å². The van der Waals surface area contributed by atoms with E-state index in [-0.39, 0.29) is 12.5 Å². The van der Waals surface area contributed by atoms with Crippen molar-refractivity contribution in [2.24, 2.45) is 0 Å². The lowest BCUT2D eigenvalue weighted by Crippen LogP contribution is -2.42. The van der Waals surface area contributed by atoms with Gasteiger partial charge in [0.25, 0.3) is 0 Å². The molecular formula is C27H31NO3. The summed E-state index contributed by atoms with van der Waals surface area (Å²) < 4.78 is 5.37. The van der Waals surface area contributed by atoms with Crippen LogP contribution in [0.25, 0.3) is 0 Å². The predicted octanol–water partition coefficient (Wildman–Crippen LogP) is 4.70. The molecule has 0 atom stereocenters. The lowest BCUT2D eigenvalue weighted by molar-refractivity contribution is -0.121. The summed E-state index contributed by atoms with van der Waals surface area (Å²) in [6.45, 7) is 0.621. The summed E-state index contributed by atoms with van der Waals surface area (Å²) in [6.07, 6.45) is 2.82. The lowest BCUT2D eigenvalue weighted by Gasteiger charge is -2.36. The van der Waals surface area contributed by atoms with Gasteiger partial charge in [-0.05, 0) is 41.7 Å². The number of ether oxygens (including phenoxy) is 1. The topological polar surface area (TPSA) is 58.6 Å². The maximum Gasteiger partial charge on any atom is 0.220 e. The number of rotatable bonds is 11. The zero-order valence-electron chi connectivity index (χ0n) is 18.1. The highest BCUT2D eigenvalue weighted by Crippen LogP contribution is 2.39. The molecule has 0 saturated heterocycles. The molecule has 31 heavy (non-hydrogen) atoms. The molecule has 4 nitrogen and oxygen atoms in total. The van der Waals surface area contributed by atoms with E-state index in [1.807, 2.05) is 48.5 Å². The Morgan fingerprint density at radius 1 is 0.806 bits per heavy atom. The Balaban J connectivity index is 1.99. The Labute approximate surface area is 184 Å². The molecule has 1 amide bonds. The molecule has 3 aromatic carbocycles. The third-order valence-electron chi connectivity index (χ3n) is 5.73. The van der Waals surface area contributed by atoms with E-state index in [1.54, 1.807) is 7.11 Å². The van der Waals surface area contributed by atoms with E-state index in [1.165, 1.54) is 0 Å². The predicted molar refractivity (Wildman–Crippen MR) is 124 cm³/mol. The molecule has 0 spiro atoms. The van der Waals surface area contributed by atoms with Crippen LogP contribution in [-0.4, -0.2) is 31.3 Å². The Hall–Kier alpha value is -3.11. The molecule has 0 aliphatic carbocycles. The quantitative estimate of drug-likeness (QED) is 0.351. The van der Waals surface area contributed by atoms with Gasteiger partial charge in [-0.1, -0.05) is 79.2 Å². The van der Waals surface area contributed by atoms with Gasteiger partial charge in [-0.25, -0.2) is 0 Å². The number of carbonyl (C=O) groups is 1. The van der Waals surface area contributed by atoms with Crippen molar-refractivity contribution < 1.29 is 14.6 Å². The summed E-state index contributed by atoms with van der Waals surface area (Å²) in [5.74, 6) is 0.828. The molecular weight excluding hydrogens is 386 g/mol. The van der Waals surface area contributed by atoms with Crippen LogP contribution in [-0.2, 0) is 10.2 Å². The zero-order chi connectivity index (χ0) is 21.9. The van der Waals surface area contributed by atoms with Crippen LogP contribution in [0.3, 0.4) is 0 Å². The van der Waals surface area contributed by atoms with Gasteiger partial charge in [-0.2, -0.15) is 0 Å². The fourth-order valence-electron chi connectivity index (χ4n) is 4.02. The van der Waals surface area contributed by atoms with Crippen LogP contribution in [0.5, 0.6) is 5.75 Å². The van der Waals surface area contributed by atoms with Gasteiger partial charge in [0.1, 0.15) is 5.75 Å². The van der Waals surface area contributed by atoms with Crippen molar-refractivity contribution in [3.63, 3.8) is 0 Å². The fourth-order valence-corrected chi connectivity index (χ4v) is 4.02. The summed E-state index contributed by atoms with van der Waals surface area (Å²) >= 11 is 0. The van der Waals surface area contributed by atoms with Crippen LogP contribution in [0.15, 0.2) is 84.9 Å². The van der Waals surface area contributed by atoms with E-state index in [0.29, 0.717) is 13.0 Å². The molecule has 0 heterocycles. The van der Waals surface area contributed by atoms with Gasteiger partial charge in [0.2, 0.25) is 5.91 Å². The SMILES string of the molecule is COc1ccc(C(CNC(=O)CCCCCO)(c2ccccc2)c2ccccc2)cc1. The van der Waals surface area contributed by atoms with Gasteiger partial charge in [0.05, 0.1) is 12.5 Å². The Bertz CT molecular complexity index is 884. The normalized spacial score (nSPS) is 11.2. The average molecular weight is 418 g/mol. The van der Waals surface area contributed by atoms with Crippen molar-refractivity contribution >= 4 is 5.91 Å². The van der Waals surface area contributed by atoms with Gasteiger partial charge in [-0.3, -0.25) is 4.79 Å². The second-order valence-electron chi connectivity index (χ2n) is 7.68. The molecule has 0 radical (unpaired) electrons. The van der Waals surface area contributed by atoms with Crippen LogP contribution < -0.4 is 10.1 Å². The number of amides is 1. The smallest absolute Gasteiger partial charge is 0.220 e. The zero-order valence-corrected chi connectivity index (χ0v) is 18.1. The van der Waals surface area contributed by atoms with Crippen molar-refractivity contribution in [3.8, 4) is 5.75 Å². The number of hydrogen-bond acceptors (Lipinski definition) is 3. The van der Waals surface area contributed by atoms with Crippen LogP contribution in [0.4, 0.5) is 0 Å². The first-order valence-corrected chi connectivity index (χ1v) is 10.8. The molecule has 0 aliphatic heterocycles. The standard InChI is InChI=1S/C27H31NO3/c1-31-25-18-16-24(17-19-25)27(22-11-5-2-6-12-22,23-13-7-3-8-14-23)21-28-26(30)15-9-4-10-20-29/h2-3,5-8,11-14,16-19,29H,4,9-10,15,20-21H2,1H3,(H,28,30). The van der Waals surface area contributed by atoms with Crippen molar-refractivity contribution in [1.29, 1.82) is 0 Å². The monoisotopic (exact) mass is 417 g/mol. The van der Waals surface area contributed by atoms with Crippen molar-refractivity contribution in [3.05, 3.63) is 102 Å². The second kappa shape index (κ2) is 11.3. The molecule has 0 aliphatic rings. The average Bonchev–Trinajstić information content (AvgIpc) is 2.84. The van der Waals surface area contributed by atoms with Crippen molar-refractivity contribution in [1.82, 2.24) is 5.32 Å². The number of aliphatic hydroxyl groups is 1. The Kier molecular flexibility index (Phi) is 8.25. The van der Waals surface area contributed by atoms with Gasteiger partial charge < -0.3 is 15.2 Å². The van der Waals surface area contributed by atoms with Crippen molar-refractivity contribution in [2.75, 3.05) is 20.3 Å². The van der Waals surface area contributed by atoms with E-state index in [9.17, 15) is 4.79 Å². The largest absolute Gasteiger partial charge is 0.497 e. The lowest BCUT2D eigenvalue weighted by atomic mass is 9.69. The molecule has 0 unspecified atom stereocenters. The molecule has 0 aromatic heterocycles. The molecule has 4 heteroatoms. The first-order valence-electron chi connectivity index (χ1n) is 10.8. The second-order valence-corrected chi connectivity index (χ2v) is 7.68. The van der Waals surface area contributed by atoms with Gasteiger partial charge in [-0.15, -0.1) is 0 Å². The minimum absolute atomic E-state index is 0.0303. The Morgan fingerprint density at radius 3 is 1.87 bits per heavy atom. The summed E-state index contributed by atoms with van der Waals surface area (Å²) in [6, 6.07) is 28.7. The van der Waals surface area contributed by atoms with E-state index < -0.39 is 5.41 Å². The molecule has 0 bridgehead atoms. The number of hydrogen-bond donors (Lipinski definition) is 2. The van der Waals surface area contributed by atoms with E-state index in [4.69, 9.17) is 9.84 Å². The first-order chi connectivity index (χ1) is 15.2. The molecule has 0 fully saturated rings. The summed E-state index contributed by atoms with van der Waals surface area (Å²) in [4.78, 5) is 12.7. The van der Waals surface area contributed by atoms with Gasteiger partial charge in [0, 0.05) is 19.6 Å². The first kappa shape index (κ1) is 22.6. The highest BCUT2D eigenvalue weighted by molar-refractivity contribution is 5.76. The number of unbranched alkanes of at least 4 members (excludes halogenated alkanes) is 2. The maximum absolute atomic E-state index is 12.7. The van der Waals surface area contributed by atoms with E-state index >= 15 is 0 Å². The number of methoxy groups -OCH3 is 1. The third-order valence-corrected chi connectivity index (χ3v) is 5.73. The van der Waals surface area contributed by atoms with E-state index in [0.717, 1.165) is 41.7 Å². The summed E-state index contributed by atoms with van der Waals surface area (Å²) in [5, 5.41) is 12.1. The number of aliphatic hydroxyl groups excluding tert-OH is 1. The molecule has 2 N–H and O–H groups in total. The number of carbonyl (C=O) groups excluding carboxylic acids is 1. The Morgan fingerprint density at radius 2 is 1.35 bits per heavy atom. The number of benzene rings is 3. The summed E-state index contributed by atoms with van der Waals surface area (Å²) in [5.41, 5.74) is 2.79. The third kappa shape index (κ3) is 5.53. The van der Waals surface area contributed by atoms with E-state index in [2.05, 4.69) is 41.7 Å². The molecule has 162 valence electrons.